The Hall–Kier alpha value is -2.50. The normalized spacial score (nSPS) is 18.2. The summed E-state index contributed by atoms with van der Waals surface area (Å²) in [5.41, 5.74) is 2.19. The Morgan fingerprint density at radius 1 is 0.964 bits per heavy atom. The van der Waals surface area contributed by atoms with E-state index in [1.54, 1.807) is 7.11 Å². The topological polar surface area (TPSA) is 53.5 Å². The highest BCUT2D eigenvalue weighted by atomic mass is 16.5. The van der Waals surface area contributed by atoms with Crippen LogP contribution in [-0.2, 0) is 0 Å². The lowest BCUT2D eigenvalue weighted by atomic mass is 9.95. The lowest BCUT2D eigenvalue weighted by Crippen LogP contribution is -2.47. The molecule has 0 spiro atoms. The van der Waals surface area contributed by atoms with Gasteiger partial charge in [0, 0.05) is 44.0 Å². The zero-order valence-electron chi connectivity index (χ0n) is 17.0. The first-order valence-electron chi connectivity index (χ1n) is 10.5. The minimum Gasteiger partial charge on any atom is -0.495 e. The van der Waals surface area contributed by atoms with Crippen LogP contribution in [0.2, 0.25) is 0 Å². The average molecular weight is 382 g/mol. The third-order valence-corrected chi connectivity index (χ3v) is 5.79. The van der Waals surface area contributed by atoms with Crippen LogP contribution >= 0.6 is 0 Å². The van der Waals surface area contributed by atoms with E-state index in [0.29, 0.717) is 6.04 Å². The highest BCUT2D eigenvalue weighted by Gasteiger charge is 2.22. The molecule has 28 heavy (non-hydrogen) atoms. The first-order valence-corrected chi connectivity index (χ1v) is 10.5. The third-order valence-electron chi connectivity index (χ3n) is 5.79. The number of para-hydroxylation sites is 2. The molecule has 0 radical (unpaired) electrons. The molecular formula is C22H31N5O. The summed E-state index contributed by atoms with van der Waals surface area (Å²) in [6.07, 6.45) is 6.49. The Balaban J connectivity index is 1.42. The lowest BCUT2D eigenvalue weighted by Gasteiger charge is -2.36. The first-order chi connectivity index (χ1) is 13.7. The van der Waals surface area contributed by atoms with Crippen molar-refractivity contribution in [1.29, 1.82) is 0 Å². The van der Waals surface area contributed by atoms with Gasteiger partial charge in [0.2, 0.25) is 5.95 Å². The van der Waals surface area contributed by atoms with E-state index >= 15 is 0 Å². The monoisotopic (exact) mass is 381 g/mol. The van der Waals surface area contributed by atoms with E-state index in [-0.39, 0.29) is 0 Å². The van der Waals surface area contributed by atoms with E-state index in [0.717, 1.165) is 55.1 Å². The van der Waals surface area contributed by atoms with Gasteiger partial charge in [-0.3, -0.25) is 0 Å². The summed E-state index contributed by atoms with van der Waals surface area (Å²) in [4.78, 5) is 14.2. The largest absolute Gasteiger partial charge is 0.495 e. The average Bonchev–Trinajstić information content (AvgIpc) is 2.74. The number of hydrogen-bond donors (Lipinski definition) is 1. The highest BCUT2D eigenvalue weighted by Crippen LogP contribution is 2.29. The molecule has 2 aromatic rings. The number of nitrogens with one attached hydrogen (secondary N) is 1. The van der Waals surface area contributed by atoms with Crippen LogP contribution in [0.25, 0.3) is 0 Å². The van der Waals surface area contributed by atoms with Gasteiger partial charge in [-0.25, -0.2) is 4.98 Å². The van der Waals surface area contributed by atoms with Gasteiger partial charge < -0.3 is 19.9 Å². The van der Waals surface area contributed by atoms with Gasteiger partial charge in [-0.15, -0.1) is 0 Å². The van der Waals surface area contributed by atoms with Crippen molar-refractivity contribution in [3.05, 3.63) is 36.0 Å². The molecule has 6 nitrogen and oxygen atoms in total. The van der Waals surface area contributed by atoms with Gasteiger partial charge >= 0.3 is 0 Å². The molecule has 150 valence electrons. The quantitative estimate of drug-likeness (QED) is 0.849. The van der Waals surface area contributed by atoms with Crippen LogP contribution < -0.4 is 19.9 Å². The number of nitrogens with zero attached hydrogens (tertiary/aromatic N) is 4. The van der Waals surface area contributed by atoms with Crippen molar-refractivity contribution >= 4 is 17.5 Å². The minimum absolute atomic E-state index is 0.554. The van der Waals surface area contributed by atoms with Crippen molar-refractivity contribution in [3.63, 3.8) is 0 Å². The Labute approximate surface area is 167 Å². The van der Waals surface area contributed by atoms with Gasteiger partial charge in [-0.05, 0) is 31.9 Å². The maximum absolute atomic E-state index is 5.53. The number of aromatic nitrogens is 2. The highest BCUT2D eigenvalue weighted by molar-refractivity contribution is 5.59. The van der Waals surface area contributed by atoms with E-state index in [1.807, 2.05) is 12.1 Å². The molecule has 2 heterocycles. The Morgan fingerprint density at radius 3 is 2.43 bits per heavy atom. The van der Waals surface area contributed by atoms with Crippen LogP contribution in [0.5, 0.6) is 5.75 Å². The summed E-state index contributed by atoms with van der Waals surface area (Å²) in [5.74, 6) is 2.75. The number of ether oxygens (including phenoxy) is 1. The molecule has 0 unspecified atom stereocenters. The number of aryl methyl sites for hydroxylation is 1. The molecule has 2 aliphatic rings. The molecule has 2 fully saturated rings. The lowest BCUT2D eigenvalue weighted by molar-refractivity contribution is 0.413. The smallest absolute Gasteiger partial charge is 0.227 e. The maximum Gasteiger partial charge on any atom is 0.227 e. The minimum atomic E-state index is 0.554. The Morgan fingerprint density at radius 2 is 1.68 bits per heavy atom. The Kier molecular flexibility index (Phi) is 5.84. The predicted octanol–water partition coefficient (Wildman–Crippen LogP) is 3.86. The van der Waals surface area contributed by atoms with E-state index in [4.69, 9.17) is 14.7 Å². The molecular weight excluding hydrogens is 350 g/mol. The number of hydrogen-bond acceptors (Lipinski definition) is 6. The molecule has 1 aliphatic carbocycles. The maximum atomic E-state index is 5.53. The van der Waals surface area contributed by atoms with Crippen LogP contribution in [0.4, 0.5) is 17.5 Å². The van der Waals surface area contributed by atoms with Crippen LogP contribution in [0.15, 0.2) is 30.3 Å². The van der Waals surface area contributed by atoms with E-state index < -0.39 is 0 Å². The number of benzene rings is 1. The van der Waals surface area contributed by atoms with Crippen molar-refractivity contribution < 1.29 is 4.74 Å². The second-order valence-corrected chi connectivity index (χ2v) is 7.82. The standard InChI is InChI=1S/C22H31N5O/c1-17-16-21(24-18-8-4-3-5-9-18)25-22(23-17)27-14-12-26(13-15-27)19-10-6-7-11-20(19)28-2/h6-7,10-11,16,18H,3-5,8-9,12-15H2,1-2H3,(H,23,24,25). The summed E-state index contributed by atoms with van der Waals surface area (Å²) in [6, 6.07) is 10.9. The van der Waals surface area contributed by atoms with Crippen LogP contribution in [0, 0.1) is 6.92 Å². The second kappa shape index (κ2) is 8.67. The van der Waals surface area contributed by atoms with Gasteiger partial charge in [-0.2, -0.15) is 4.98 Å². The molecule has 0 amide bonds. The predicted molar refractivity (Wildman–Crippen MR) is 115 cm³/mol. The van der Waals surface area contributed by atoms with Crippen molar-refractivity contribution in [2.75, 3.05) is 48.4 Å². The van der Waals surface area contributed by atoms with Crippen molar-refractivity contribution in [2.45, 2.75) is 45.1 Å². The van der Waals surface area contributed by atoms with Gasteiger partial charge in [0.25, 0.3) is 0 Å². The molecule has 0 atom stereocenters. The number of rotatable bonds is 5. The van der Waals surface area contributed by atoms with Crippen LogP contribution in [0.1, 0.15) is 37.8 Å². The van der Waals surface area contributed by atoms with Gasteiger partial charge in [0.05, 0.1) is 12.8 Å². The molecule has 0 bridgehead atoms. The molecule has 1 aromatic heterocycles. The summed E-state index contributed by atoms with van der Waals surface area (Å²) < 4.78 is 5.53. The van der Waals surface area contributed by atoms with Crippen LogP contribution in [-0.4, -0.2) is 49.3 Å². The van der Waals surface area contributed by atoms with E-state index in [9.17, 15) is 0 Å². The molecule has 1 saturated carbocycles. The van der Waals surface area contributed by atoms with E-state index in [1.165, 1.54) is 32.1 Å². The molecule has 4 rings (SSSR count). The van der Waals surface area contributed by atoms with Crippen LogP contribution in [0.3, 0.4) is 0 Å². The number of piperazine rings is 1. The summed E-state index contributed by atoms with van der Waals surface area (Å²) in [7, 11) is 1.73. The molecule has 1 aromatic carbocycles. The van der Waals surface area contributed by atoms with Crippen molar-refractivity contribution in [1.82, 2.24) is 9.97 Å². The third kappa shape index (κ3) is 4.32. The number of methoxy groups -OCH3 is 1. The van der Waals surface area contributed by atoms with E-state index in [2.05, 4.69) is 40.2 Å². The first kappa shape index (κ1) is 18.8. The fourth-order valence-electron chi connectivity index (χ4n) is 4.26. The molecule has 1 N–H and O–H groups in total. The second-order valence-electron chi connectivity index (χ2n) is 7.82. The molecule has 1 saturated heterocycles. The zero-order valence-corrected chi connectivity index (χ0v) is 17.0. The van der Waals surface area contributed by atoms with Crippen molar-refractivity contribution in [3.8, 4) is 5.75 Å². The van der Waals surface area contributed by atoms with Gasteiger partial charge in [-0.1, -0.05) is 31.4 Å². The SMILES string of the molecule is COc1ccccc1N1CCN(c2nc(C)cc(NC3CCCCC3)n2)CC1. The Bertz CT molecular complexity index is 782. The fraction of sp³-hybridized carbons (Fsp3) is 0.545. The molecule has 6 heteroatoms. The zero-order chi connectivity index (χ0) is 19.3. The van der Waals surface area contributed by atoms with Gasteiger partial charge in [0.15, 0.2) is 0 Å². The van der Waals surface area contributed by atoms with Gasteiger partial charge in [0.1, 0.15) is 11.6 Å². The summed E-state index contributed by atoms with van der Waals surface area (Å²) in [6.45, 7) is 5.74. The fourth-order valence-corrected chi connectivity index (χ4v) is 4.26. The summed E-state index contributed by atoms with van der Waals surface area (Å²) >= 11 is 0. The summed E-state index contributed by atoms with van der Waals surface area (Å²) in [5, 5.41) is 3.65. The molecule has 1 aliphatic heterocycles. The number of anilines is 3. The van der Waals surface area contributed by atoms with Crippen molar-refractivity contribution in [2.24, 2.45) is 0 Å².